The molecule has 15 heavy (non-hydrogen) atoms. The van der Waals surface area contributed by atoms with Gasteiger partial charge in [0, 0.05) is 0 Å². The summed E-state index contributed by atoms with van der Waals surface area (Å²) >= 11 is 0. The van der Waals surface area contributed by atoms with E-state index in [1.54, 1.807) is 0 Å². The highest BCUT2D eigenvalue weighted by Crippen LogP contribution is 2.49. The van der Waals surface area contributed by atoms with Crippen LogP contribution in [0.4, 0.5) is 0 Å². The van der Waals surface area contributed by atoms with Crippen molar-refractivity contribution in [1.29, 1.82) is 0 Å². The SMILES string of the molecule is CC(C1CCCCC1)C(C)(C)C(C)(C)C. The number of hydrogen-bond acceptors (Lipinski definition) is 0. The molecular formula is C15H30. The Balaban J connectivity index is 2.69. The largest absolute Gasteiger partial charge is 0.0617 e. The van der Waals surface area contributed by atoms with Crippen molar-refractivity contribution in [2.24, 2.45) is 22.7 Å². The van der Waals surface area contributed by atoms with Crippen molar-refractivity contribution in [1.82, 2.24) is 0 Å². The molecule has 0 N–H and O–H groups in total. The predicted molar refractivity (Wildman–Crippen MR) is 69.0 cm³/mol. The summed E-state index contributed by atoms with van der Waals surface area (Å²) in [6, 6.07) is 0. The molecule has 0 bridgehead atoms. The van der Waals surface area contributed by atoms with Crippen LogP contribution in [0.15, 0.2) is 0 Å². The molecule has 0 radical (unpaired) electrons. The molecule has 0 aromatic carbocycles. The van der Waals surface area contributed by atoms with E-state index in [2.05, 4.69) is 41.5 Å². The highest BCUT2D eigenvalue weighted by molar-refractivity contribution is 4.90. The van der Waals surface area contributed by atoms with E-state index in [0.29, 0.717) is 10.8 Å². The van der Waals surface area contributed by atoms with Gasteiger partial charge >= 0.3 is 0 Å². The fourth-order valence-electron chi connectivity index (χ4n) is 2.91. The molecule has 1 aliphatic rings. The van der Waals surface area contributed by atoms with Crippen LogP contribution < -0.4 is 0 Å². The number of rotatable bonds is 2. The Morgan fingerprint density at radius 1 is 0.867 bits per heavy atom. The lowest BCUT2D eigenvalue weighted by Crippen LogP contribution is -2.39. The highest BCUT2D eigenvalue weighted by Gasteiger charge is 2.40. The maximum atomic E-state index is 2.49. The van der Waals surface area contributed by atoms with E-state index < -0.39 is 0 Å². The zero-order chi connectivity index (χ0) is 11.7. The monoisotopic (exact) mass is 210 g/mol. The van der Waals surface area contributed by atoms with Gasteiger partial charge in [-0.3, -0.25) is 0 Å². The van der Waals surface area contributed by atoms with E-state index in [9.17, 15) is 0 Å². The first kappa shape index (κ1) is 13.1. The molecule has 0 saturated heterocycles. The molecule has 1 unspecified atom stereocenters. The summed E-state index contributed by atoms with van der Waals surface area (Å²) in [6.07, 6.45) is 7.35. The van der Waals surface area contributed by atoms with Gasteiger partial charge in [0.1, 0.15) is 0 Å². The van der Waals surface area contributed by atoms with Crippen molar-refractivity contribution in [3.63, 3.8) is 0 Å². The van der Waals surface area contributed by atoms with E-state index in [1.165, 1.54) is 32.1 Å². The molecule has 1 fully saturated rings. The molecule has 1 aliphatic carbocycles. The fourth-order valence-corrected chi connectivity index (χ4v) is 2.91. The average molecular weight is 210 g/mol. The molecule has 0 heteroatoms. The Hall–Kier alpha value is 0. The molecule has 1 saturated carbocycles. The Morgan fingerprint density at radius 2 is 1.33 bits per heavy atom. The fraction of sp³-hybridized carbons (Fsp3) is 1.00. The Morgan fingerprint density at radius 3 is 1.73 bits per heavy atom. The van der Waals surface area contributed by atoms with Gasteiger partial charge in [-0.1, -0.05) is 73.6 Å². The molecule has 0 aliphatic heterocycles. The van der Waals surface area contributed by atoms with Crippen molar-refractivity contribution >= 4 is 0 Å². The predicted octanol–water partition coefficient (Wildman–Crippen LogP) is 5.28. The summed E-state index contributed by atoms with van der Waals surface area (Å²) in [4.78, 5) is 0. The molecule has 0 nitrogen and oxygen atoms in total. The van der Waals surface area contributed by atoms with Crippen LogP contribution in [-0.2, 0) is 0 Å². The van der Waals surface area contributed by atoms with E-state index in [1.807, 2.05) is 0 Å². The molecule has 0 aromatic rings. The third kappa shape index (κ3) is 2.77. The Bertz CT molecular complexity index is 189. The summed E-state index contributed by atoms with van der Waals surface area (Å²) < 4.78 is 0. The topological polar surface area (TPSA) is 0 Å². The first-order valence-electron chi connectivity index (χ1n) is 6.77. The maximum absolute atomic E-state index is 2.49. The van der Waals surface area contributed by atoms with Gasteiger partial charge < -0.3 is 0 Å². The molecule has 90 valence electrons. The molecule has 0 heterocycles. The minimum atomic E-state index is 0.420. The first-order chi connectivity index (χ1) is 6.77. The Labute approximate surface area is 96.8 Å². The molecule has 1 atom stereocenters. The third-order valence-corrected chi connectivity index (χ3v) is 5.43. The molecular weight excluding hydrogens is 180 g/mol. The second-order valence-electron chi connectivity index (χ2n) is 7.16. The molecule has 0 spiro atoms. The summed E-state index contributed by atoms with van der Waals surface area (Å²) in [5, 5.41) is 0. The van der Waals surface area contributed by atoms with Crippen molar-refractivity contribution in [2.45, 2.75) is 73.6 Å². The van der Waals surface area contributed by atoms with Crippen molar-refractivity contribution in [3.8, 4) is 0 Å². The van der Waals surface area contributed by atoms with Gasteiger partial charge in [0.15, 0.2) is 0 Å². The van der Waals surface area contributed by atoms with Crippen LogP contribution in [0.1, 0.15) is 73.6 Å². The van der Waals surface area contributed by atoms with E-state index >= 15 is 0 Å². The van der Waals surface area contributed by atoms with Crippen LogP contribution in [0.25, 0.3) is 0 Å². The minimum Gasteiger partial charge on any atom is -0.0617 e. The van der Waals surface area contributed by atoms with Crippen molar-refractivity contribution < 1.29 is 0 Å². The smallest absolute Gasteiger partial charge is 0.0277 e. The Kier molecular flexibility index (Phi) is 3.90. The van der Waals surface area contributed by atoms with E-state index in [4.69, 9.17) is 0 Å². The van der Waals surface area contributed by atoms with Gasteiger partial charge in [-0.25, -0.2) is 0 Å². The molecule has 0 amide bonds. The van der Waals surface area contributed by atoms with Gasteiger partial charge in [0.25, 0.3) is 0 Å². The first-order valence-corrected chi connectivity index (χ1v) is 6.77. The van der Waals surface area contributed by atoms with Crippen LogP contribution in [-0.4, -0.2) is 0 Å². The zero-order valence-electron chi connectivity index (χ0n) is 11.7. The molecule has 0 aromatic heterocycles. The lowest BCUT2D eigenvalue weighted by atomic mass is 9.58. The second kappa shape index (κ2) is 4.47. The van der Waals surface area contributed by atoms with Crippen molar-refractivity contribution in [3.05, 3.63) is 0 Å². The molecule has 1 rings (SSSR count). The zero-order valence-corrected chi connectivity index (χ0v) is 11.7. The van der Waals surface area contributed by atoms with Gasteiger partial charge in [0.2, 0.25) is 0 Å². The average Bonchev–Trinajstić information content (AvgIpc) is 2.16. The van der Waals surface area contributed by atoms with E-state index in [-0.39, 0.29) is 0 Å². The standard InChI is InChI=1S/C15H30/c1-12(13-10-8-7-9-11-13)15(5,6)14(2,3)4/h12-13H,7-11H2,1-6H3. The number of hydrogen-bond donors (Lipinski definition) is 0. The highest BCUT2D eigenvalue weighted by atomic mass is 14.5. The van der Waals surface area contributed by atoms with Crippen LogP contribution >= 0.6 is 0 Å². The lowest BCUT2D eigenvalue weighted by molar-refractivity contribution is 0.0189. The van der Waals surface area contributed by atoms with Crippen molar-refractivity contribution in [2.75, 3.05) is 0 Å². The summed E-state index contributed by atoms with van der Waals surface area (Å²) in [6.45, 7) is 14.6. The normalized spacial score (nSPS) is 22.8. The van der Waals surface area contributed by atoms with Gasteiger partial charge in [-0.15, -0.1) is 0 Å². The summed E-state index contributed by atoms with van der Waals surface area (Å²) in [5.74, 6) is 1.84. The van der Waals surface area contributed by atoms with Gasteiger partial charge in [0.05, 0.1) is 0 Å². The van der Waals surface area contributed by atoms with Crippen LogP contribution in [0, 0.1) is 22.7 Å². The summed E-state index contributed by atoms with van der Waals surface area (Å²) in [7, 11) is 0. The van der Waals surface area contributed by atoms with Crippen LogP contribution in [0.5, 0.6) is 0 Å². The summed E-state index contributed by atoms with van der Waals surface area (Å²) in [5.41, 5.74) is 0.874. The van der Waals surface area contributed by atoms with Crippen LogP contribution in [0.3, 0.4) is 0 Å². The second-order valence-corrected chi connectivity index (χ2v) is 7.16. The van der Waals surface area contributed by atoms with Gasteiger partial charge in [-0.05, 0) is 22.7 Å². The maximum Gasteiger partial charge on any atom is -0.0277 e. The van der Waals surface area contributed by atoms with Crippen LogP contribution in [0.2, 0.25) is 0 Å². The third-order valence-electron chi connectivity index (χ3n) is 5.43. The van der Waals surface area contributed by atoms with Gasteiger partial charge in [-0.2, -0.15) is 0 Å². The minimum absolute atomic E-state index is 0.420. The van der Waals surface area contributed by atoms with E-state index in [0.717, 1.165) is 11.8 Å². The quantitative estimate of drug-likeness (QED) is 0.582. The lowest BCUT2D eigenvalue weighted by Gasteiger charge is -2.47.